The molecule has 8 heteroatoms. The van der Waals surface area contributed by atoms with Crippen LogP contribution in [0.15, 0.2) is 30.9 Å². The molecular weight excluding hydrogens is 308 g/mol. The zero-order valence-electron chi connectivity index (χ0n) is 13.5. The third kappa shape index (κ3) is 2.44. The molecule has 1 aliphatic heterocycles. The molecule has 0 aromatic carbocycles. The summed E-state index contributed by atoms with van der Waals surface area (Å²) in [7, 11) is 1.66. The van der Waals surface area contributed by atoms with Crippen LogP contribution in [-0.2, 0) is 4.74 Å². The number of H-pyrrole nitrogens is 1. The SMILES string of the molecule is CO[C@@H]1C[C@@H](c2ncn[nH]2)N(C(=O)c2cn3ccc(C)cc3n2)C1. The fraction of sp³-hybridized carbons (Fsp3) is 0.375. The van der Waals surface area contributed by atoms with Gasteiger partial charge in [-0.1, -0.05) is 0 Å². The van der Waals surface area contributed by atoms with E-state index in [1.807, 2.05) is 29.7 Å². The summed E-state index contributed by atoms with van der Waals surface area (Å²) in [5.41, 5.74) is 2.28. The van der Waals surface area contributed by atoms with E-state index >= 15 is 0 Å². The topological polar surface area (TPSA) is 88.4 Å². The summed E-state index contributed by atoms with van der Waals surface area (Å²) in [5, 5.41) is 6.75. The molecule has 0 saturated carbocycles. The van der Waals surface area contributed by atoms with Crippen LogP contribution in [-0.4, -0.2) is 55.1 Å². The zero-order valence-corrected chi connectivity index (χ0v) is 13.5. The zero-order chi connectivity index (χ0) is 16.7. The molecular formula is C16H18N6O2. The Hall–Kier alpha value is -2.74. The predicted octanol–water partition coefficient (Wildman–Crippen LogP) is 1.36. The fourth-order valence-electron chi connectivity index (χ4n) is 3.16. The molecule has 3 aromatic heterocycles. The van der Waals surface area contributed by atoms with E-state index in [0.29, 0.717) is 24.5 Å². The maximum absolute atomic E-state index is 13.0. The molecule has 4 rings (SSSR count). The Kier molecular flexibility index (Phi) is 3.53. The lowest BCUT2D eigenvalue weighted by Gasteiger charge is -2.21. The van der Waals surface area contributed by atoms with Gasteiger partial charge in [-0.05, 0) is 24.6 Å². The lowest BCUT2D eigenvalue weighted by Crippen LogP contribution is -2.32. The summed E-state index contributed by atoms with van der Waals surface area (Å²) in [6.45, 7) is 2.51. The lowest BCUT2D eigenvalue weighted by molar-refractivity contribution is 0.0679. The van der Waals surface area contributed by atoms with Gasteiger partial charge in [0.15, 0.2) is 0 Å². The monoisotopic (exact) mass is 326 g/mol. The largest absolute Gasteiger partial charge is 0.380 e. The van der Waals surface area contributed by atoms with E-state index < -0.39 is 0 Å². The Labute approximate surface area is 138 Å². The maximum atomic E-state index is 13.0. The number of hydrogen-bond donors (Lipinski definition) is 1. The number of rotatable bonds is 3. The van der Waals surface area contributed by atoms with Crippen molar-refractivity contribution in [3.8, 4) is 0 Å². The average molecular weight is 326 g/mol. The molecule has 1 saturated heterocycles. The number of likely N-dealkylation sites (tertiary alicyclic amines) is 1. The quantitative estimate of drug-likeness (QED) is 0.785. The second kappa shape index (κ2) is 5.72. The van der Waals surface area contributed by atoms with E-state index in [4.69, 9.17) is 4.74 Å². The van der Waals surface area contributed by atoms with Crippen LogP contribution in [0, 0.1) is 6.92 Å². The number of imidazole rings is 1. The van der Waals surface area contributed by atoms with Gasteiger partial charge in [-0.15, -0.1) is 0 Å². The van der Waals surface area contributed by atoms with Gasteiger partial charge in [0, 0.05) is 32.5 Å². The van der Waals surface area contributed by atoms with Crippen LogP contribution < -0.4 is 0 Å². The number of ether oxygens (including phenoxy) is 1. The van der Waals surface area contributed by atoms with Gasteiger partial charge in [-0.3, -0.25) is 9.89 Å². The van der Waals surface area contributed by atoms with Crippen molar-refractivity contribution in [2.24, 2.45) is 0 Å². The van der Waals surface area contributed by atoms with E-state index in [9.17, 15) is 4.79 Å². The first-order valence-corrected chi connectivity index (χ1v) is 7.80. The van der Waals surface area contributed by atoms with Crippen molar-refractivity contribution in [1.29, 1.82) is 0 Å². The summed E-state index contributed by atoms with van der Waals surface area (Å²) in [6, 6.07) is 3.75. The van der Waals surface area contributed by atoms with Crippen LogP contribution in [0.5, 0.6) is 0 Å². The third-order valence-corrected chi connectivity index (χ3v) is 4.44. The summed E-state index contributed by atoms with van der Waals surface area (Å²) in [6.07, 6.45) is 5.78. The number of aromatic nitrogens is 5. The van der Waals surface area contributed by atoms with E-state index in [2.05, 4.69) is 20.2 Å². The molecule has 24 heavy (non-hydrogen) atoms. The summed E-state index contributed by atoms with van der Waals surface area (Å²) in [5.74, 6) is 0.541. The van der Waals surface area contributed by atoms with Crippen molar-refractivity contribution in [3.05, 3.63) is 47.9 Å². The van der Waals surface area contributed by atoms with Crippen LogP contribution >= 0.6 is 0 Å². The number of nitrogens with zero attached hydrogens (tertiary/aromatic N) is 5. The molecule has 1 N–H and O–H groups in total. The molecule has 0 unspecified atom stereocenters. The minimum Gasteiger partial charge on any atom is -0.380 e. The number of aromatic amines is 1. The van der Waals surface area contributed by atoms with Gasteiger partial charge in [-0.25, -0.2) is 9.97 Å². The number of carbonyl (C=O) groups is 1. The number of methoxy groups -OCH3 is 1. The van der Waals surface area contributed by atoms with Crippen LogP contribution in [0.2, 0.25) is 0 Å². The van der Waals surface area contributed by atoms with Crippen molar-refractivity contribution >= 4 is 11.6 Å². The molecule has 0 radical (unpaired) electrons. The number of pyridine rings is 1. The van der Waals surface area contributed by atoms with Crippen molar-refractivity contribution in [3.63, 3.8) is 0 Å². The van der Waals surface area contributed by atoms with E-state index in [-0.39, 0.29) is 18.1 Å². The highest BCUT2D eigenvalue weighted by atomic mass is 16.5. The van der Waals surface area contributed by atoms with Crippen molar-refractivity contribution in [2.45, 2.75) is 25.5 Å². The third-order valence-electron chi connectivity index (χ3n) is 4.44. The van der Waals surface area contributed by atoms with Crippen LogP contribution in [0.25, 0.3) is 5.65 Å². The van der Waals surface area contributed by atoms with Crippen LogP contribution in [0.1, 0.15) is 34.3 Å². The number of carbonyl (C=O) groups excluding carboxylic acids is 1. The van der Waals surface area contributed by atoms with Crippen LogP contribution in [0.4, 0.5) is 0 Å². The molecule has 2 atom stereocenters. The molecule has 8 nitrogen and oxygen atoms in total. The number of amides is 1. The maximum Gasteiger partial charge on any atom is 0.274 e. The second-order valence-electron chi connectivity index (χ2n) is 6.03. The highest BCUT2D eigenvalue weighted by Gasteiger charge is 2.39. The first-order valence-electron chi connectivity index (χ1n) is 7.80. The fourth-order valence-corrected chi connectivity index (χ4v) is 3.16. The Bertz CT molecular complexity index is 872. The normalized spacial score (nSPS) is 20.8. The predicted molar refractivity (Wildman–Crippen MR) is 85.5 cm³/mol. The van der Waals surface area contributed by atoms with Crippen molar-refractivity contribution < 1.29 is 9.53 Å². The van der Waals surface area contributed by atoms with Crippen molar-refractivity contribution in [2.75, 3.05) is 13.7 Å². The highest BCUT2D eigenvalue weighted by molar-refractivity contribution is 5.93. The first-order chi connectivity index (χ1) is 11.7. The first kappa shape index (κ1) is 14.8. The number of nitrogens with one attached hydrogen (secondary N) is 1. The molecule has 4 heterocycles. The molecule has 1 fully saturated rings. The average Bonchev–Trinajstić information content (AvgIpc) is 3.31. The molecule has 0 bridgehead atoms. The standard InChI is InChI=1S/C16H18N6O2/c1-10-3-4-21-8-12(19-14(21)5-10)16(23)22-7-11(24-2)6-13(22)15-17-9-18-20-15/h3-5,8-9,11,13H,6-7H2,1-2H3,(H,17,18,20)/t11-,13+/m1/s1. The second-order valence-corrected chi connectivity index (χ2v) is 6.03. The smallest absolute Gasteiger partial charge is 0.274 e. The van der Waals surface area contributed by atoms with Gasteiger partial charge in [-0.2, -0.15) is 5.10 Å². The molecule has 3 aromatic rings. The van der Waals surface area contributed by atoms with Gasteiger partial charge in [0.25, 0.3) is 5.91 Å². The summed E-state index contributed by atoms with van der Waals surface area (Å²) < 4.78 is 7.30. The van der Waals surface area contributed by atoms with Gasteiger partial charge in [0.2, 0.25) is 0 Å². The molecule has 0 aliphatic carbocycles. The lowest BCUT2D eigenvalue weighted by atomic mass is 10.2. The van der Waals surface area contributed by atoms with Crippen molar-refractivity contribution in [1.82, 2.24) is 29.5 Å². The van der Waals surface area contributed by atoms with E-state index in [0.717, 1.165) is 11.2 Å². The Morgan fingerprint density at radius 3 is 3.08 bits per heavy atom. The molecule has 1 aliphatic rings. The van der Waals surface area contributed by atoms with E-state index in [1.54, 1.807) is 18.2 Å². The number of hydrogen-bond acceptors (Lipinski definition) is 5. The Morgan fingerprint density at radius 2 is 2.33 bits per heavy atom. The molecule has 0 spiro atoms. The van der Waals surface area contributed by atoms with Gasteiger partial charge in [0.1, 0.15) is 23.5 Å². The van der Waals surface area contributed by atoms with Crippen LogP contribution in [0.3, 0.4) is 0 Å². The number of fused-ring (bicyclic) bond motifs is 1. The minimum atomic E-state index is -0.184. The number of aryl methyl sites for hydroxylation is 1. The Morgan fingerprint density at radius 1 is 1.46 bits per heavy atom. The van der Waals surface area contributed by atoms with E-state index in [1.165, 1.54) is 6.33 Å². The minimum absolute atomic E-state index is 0.0247. The highest BCUT2D eigenvalue weighted by Crippen LogP contribution is 2.32. The Balaban J connectivity index is 1.67. The van der Waals surface area contributed by atoms with Gasteiger partial charge in [0.05, 0.1) is 12.1 Å². The molecule has 124 valence electrons. The summed E-state index contributed by atoms with van der Waals surface area (Å²) >= 11 is 0. The van der Waals surface area contributed by atoms with Gasteiger partial charge >= 0.3 is 0 Å². The van der Waals surface area contributed by atoms with Gasteiger partial charge < -0.3 is 14.0 Å². The summed E-state index contributed by atoms with van der Waals surface area (Å²) in [4.78, 5) is 23.4. The molecule has 1 amide bonds.